The molecule has 0 bridgehead atoms. The molecule has 0 N–H and O–H groups in total. The van der Waals surface area contributed by atoms with Crippen LogP contribution in [0.1, 0.15) is 36.3 Å². The summed E-state index contributed by atoms with van der Waals surface area (Å²) in [5.41, 5.74) is 0.620. The summed E-state index contributed by atoms with van der Waals surface area (Å²) < 4.78 is 8.03. The van der Waals surface area contributed by atoms with E-state index in [0.29, 0.717) is 5.69 Å². The van der Waals surface area contributed by atoms with Crippen molar-refractivity contribution >= 4 is 22.2 Å². The Kier molecular flexibility index (Phi) is 3.21. The Bertz CT molecular complexity index is 364. The van der Waals surface area contributed by atoms with E-state index in [1.807, 2.05) is 6.92 Å². The number of hydrogen-bond acceptors (Lipinski definition) is 3. The first-order chi connectivity index (χ1) is 7.22. The zero-order valence-corrected chi connectivity index (χ0v) is 10.1. The van der Waals surface area contributed by atoms with Gasteiger partial charge < -0.3 is 4.74 Å². The SMILES string of the molecule is CC1CC(n2ncc(Br)c2C=O)CCO1. The number of rotatable bonds is 2. The van der Waals surface area contributed by atoms with Gasteiger partial charge in [0.25, 0.3) is 0 Å². The van der Waals surface area contributed by atoms with Gasteiger partial charge in [0.1, 0.15) is 5.69 Å². The van der Waals surface area contributed by atoms with Crippen LogP contribution in [0.15, 0.2) is 10.7 Å². The summed E-state index contributed by atoms with van der Waals surface area (Å²) in [4.78, 5) is 10.9. The third kappa shape index (κ3) is 2.13. The van der Waals surface area contributed by atoms with Gasteiger partial charge in [-0.2, -0.15) is 5.10 Å². The van der Waals surface area contributed by atoms with Crippen molar-refractivity contribution < 1.29 is 9.53 Å². The van der Waals surface area contributed by atoms with Crippen molar-refractivity contribution in [3.63, 3.8) is 0 Å². The molecule has 0 aliphatic carbocycles. The molecule has 1 aliphatic rings. The molecular weight excluding hydrogens is 260 g/mol. The van der Waals surface area contributed by atoms with Crippen LogP contribution in [0.25, 0.3) is 0 Å². The molecular formula is C10H13BrN2O2. The van der Waals surface area contributed by atoms with Crippen LogP contribution >= 0.6 is 15.9 Å². The second-order valence-electron chi connectivity index (χ2n) is 3.80. The molecule has 0 spiro atoms. The number of halogens is 1. The highest BCUT2D eigenvalue weighted by Crippen LogP contribution is 2.27. The Hall–Kier alpha value is -0.680. The fourth-order valence-electron chi connectivity index (χ4n) is 1.95. The van der Waals surface area contributed by atoms with Gasteiger partial charge in [0.2, 0.25) is 0 Å². The Morgan fingerprint density at radius 2 is 2.53 bits per heavy atom. The highest BCUT2D eigenvalue weighted by atomic mass is 79.9. The maximum absolute atomic E-state index is 10.9. The standard InChI is InChI=1S/C10H13BrN2O2/c1-7-4-8(2-3-15-7)13-10(6-14)9(11)5-12-13/h5-8H,2-4H2,1H3. The zero-order chi connectivity index (χ0) is 10.8. The molecule has 2 rings (SSSR count). The van der Waals surface area contributed by atoms with Gasteiger partial charge in [-0.05, 0) is 35.7 Å². The predicted octanol–water partition coefficient (Wildman–Crippen LogP) is 2.20. The monoisotopic (exact) mass is 272 g/mol. The molecule has 2 heterocycles. The molecule has 2 unspecified atom stereocenters. The molecule has 2 atom stereocenters. The van der Waals surface area contributed by atoms with Crippen LogP contribution in [0.3, 0.4) is 0 Å². The van der Waals surface area contributed by atoms with Crippen molar-refractivity contribution in [1.29, 1.82) is 0 Å². The Morgan fingerprint density at radius 1 is 1.73 bits per heavy atom. The van der Waals surface area contributed by atoms with Crippen LogP contribution < -0.4 is 0 Å². The van der Waals surface area contributed by atoms with Crippen molar-refractivity contribution in [2.24, 2.45) is 0 Å². The van der Waals surface area contributed by atoms with Crippen molar-refractivity contribution in [2.75, 3.05) is 6.61 Å². The molecule has 15 heavy (non-hydrogen) atoms. The fraction of sp³-hybridized carbons (Fsp3) is 0.600. The third-order valence-corrected chi connectivity index (χ3v) is 3.31. The first-order valence-corrected chi connectivity index (χ1v) is 5.81. The van der Waals surface area contributed by atoms with Crippen LogP contribution in [0, 0.1) is 0 Å². The molecule has 0 saturated carbocycles. The maximum Gasteiger partial charge on any atom is 0.169 e. The summed E-state index contributed by atoms with van der Waals surface area (Å²) in [6.07, 6.45) is 4.58. The molecule has 1 aromatic heterocycles. The van der Waals surface area contributed by atoms with E-state index in [2.05, 4.69) is 21.0 Å². The summed E-state index contributed by atoms with van der Waals surface area (Å²) in [6, 6.07) is 0.278. The number of aromatic nitrogens is 2. The van der Waals surface area contributed by atoms with Crippen LogP contribution in [0.5, 0.6) is 0 Å². The van der Waals surface area contributed by atoms with Crippen LogP contribution in [0.2, 0.25) is 0 Å². The molecule has 0 amide bonds. The minimum Gasteiger partial charge on any atom is -0.378 e. The largest absolute Gasteiger partial charge is 0.378 e. The topological polar surface area (TPSA) is 44.1 Å². The van der Waals surface area contributed by atoms with E-state index in [9.17, 15) is 4.79 Å². The van der Waals surface area contributed by atoms with Crippen LogP contribution in [0.4, 0.5) is 0 Å². The Morgan fingerprint density at radius 3 is 3.20 bits per heavy atom. The van der Waals surface area contributed by atoms with Crippen molar-refractivity contribution in [1.82, 2.24) is 9.78 Å². The van der Waals surface area contributed by atoms with Crippen LogP contribution in [-0.2, 0) is 4.74 Å². The summed E-state index contributed by atoms with van der Waals surface area (Å²) in [5, 5.41) is 4.23. The normalized spacial score (nSPS) is 26.5. The van der Waals surface area contributed by atoms with Gasteiger partial charge in [-0.25, -0.2) is 0 Å². The summed E-state index contributed by atoms with van der Waals surface area (Å²) in [7, 11) is 0. The number of hydrogen-bond donors (Lipinski definition) is 0. The average molecular weight is 273 g/mol. The molecule has 1 fully saturated rings. The summed E-state index contributed by atoms with van der Waals surface area (Å²) in [6.45, 7) is 2.78. The number of carbonyl (C=O) groups excluding carboxylic acids is 1. The molecule has 0 aromatic carbocycles. The smallest absolute Gasteiger partial charge is 0.169 e. The molecule has 82 valence electrons. The van der Waals surface area contributed by atoms with Crippen molar-refractivity contribution in [3.8, 4) is 0 Å². The second-order valence-corrected chi connectivity index (χ2v) is 4.65. The van der Waals surface area contributed by atoms with E-state index in [4.69, 9.17) is 4.74 Å². The highest BCUT2D eigenvalue weighted by Gasteiger charge is 2.23. The van der Waals surface area contributed by atoms with E-state index in [1.165, 1.54) is 0 Å². The maximum atomic E-state index is 10.9. The van der Waals surface area contributed by atoms with Gasteiger partial charge in [0.15, 0.2) is 6.29 Å². The van der Waals surface area contributed by atoms with Gasteiger partial charge in [-0.1, -0.05) is 0 Å². The lowest BCUT2D eigenvalue weighted by Gasteiger charge is -2.28. The minimum atomic E-state index is 0.242. The van der Waals surface area contributed by atoms with E-state index in [-0.39, 0.29) is 12.1 Å². The molecule has 1 aromatic rings. The fourth-order valence-corrected chi connectivity index (χ4v) is 2.32. The molecule has 1 aliphatic heterocycles. The van der Waals surface area contributed by atoms with Gasteiger partial charge in [-0.3, -0.25) is 9.48 Å². The molecule has 4 nitrogen and oxygen atoms in total. The summed E-state index contributed by atoms with van der Waals surface area (Å²) in [5.74, 6) is 0. The van der Waals surface area contributed by atoms with Gasteiger partial charge >= 0.3 is 0 Å². The lowest BCUT2D eigenvalue weighted by atomic mass is 10.0. The summed E-state index contributed by atoms with van der Waals surface area (Å²) >= 11 is 3.31. The van der Waals surface area contributed by atoms with Gasteiger partial charge in [0, 0.05) is 6.61 Å². The number of carbonyl (C=O) groups is 1. The van der Waals surface area contributed by atoms with E-state index >= 15 is 0 Å². The van der Waals surface area contributed by atoms with Gasteiger partial charge in [-0.15, -0.1) is 0 Å². The first-order valence-electron chi connectivity index (χ1n) is 5.02. The predicted molar refractivity (Wildman–Crippen MR) is 59.0 cm³/mol. The zero-order valence-electron chi connectivity index (χ0n) is 8.52. The first kappa shape index (κ1) is 10.8. The Balaban J connectivity index is 2.24. The number of nitrogens with zero attached hydrogens (tertiary/aromatic N) is 2. The Labute approximate surface area is 96.7 Å². The molecule has 1 saturated heterocycles. The lowest BCUT2D eigenvalue weighted by Crippen LogP contribution is -2.27. The van der Waals surface area contributed by atoms with Crippen LogP contribution in [-0.4, -0.2) is 28.8 Å². The van der Waals surface area contributed by atoms with Gasteiger partial charge in [0.05, 0.1) is 22.8 Å². The molecule has 0 radical (unpaired) electrons. The third-order valence-electron chi connectivity index (χ3n) is 2.70. The highest BCUT2D eigenvalue weighted by molar-refractivity contribution is 9.10. The second kappa shape index (κ2) is 4.45. The number of aldehydes is 1. The van der Waals surface area contributed by atoms with E-state index in [1.54, 1.807) is 10.9 Å². The quantitative estimate of drug-likeness (QED) is 0.776. The number of ether oxygens (including phenoxy) is 1. The minimum absolute atomic E-state index is 0.242. The lowest BCUT2D eigenvalue weighted by molar-refractivity contribution is 0.00312. The van der Waals surface area contributed by atoms with E-state index in [0.717, 1.165) is 30.2 Å². The molecule has 5 heteroatoms. The average Bonchev–Trinajstić information content (AvgIpc) is 2.59. The van der Waals surface area contributed by atoms with Crippen molar-refractivity contribution in [3.05, 3.63) is 16.4 Å². The van der Waals surface area contributed by atoms with E-state index < -0.39 is 0 Å². The van der Waals surface area contributed by atoms with Crippen molar-refractivity contribution in [2.45, 2.75) is 31.9 Å².